The zero-order valence-electron chi connectivity index (χ0n) is 10.7. The van der Waals surface area contributed by atoms with Crippen LogP contribution in [0.2, 0.25) is 0 Å². The fourth-order valence-electron chi connectivity index (χ4n) is 3.83. The van der Waals surface area contributed by atoms with Gasteiger partial charge in [-0.1, -0.05) is 19.3 Å². The molecule has 0 aromatic carbocycles. The van der Waals surface area contributed by atoms with Gasteiger partial charge in [0.25, 0.3) is 0 Å². The van der Waals surface area contributed by atoms with Crippen molar-refractivity contribution in [3.63, 3.8) is 0 Å². The van der Waals surface area contributed by atoms with Gasteiger partial charge in [0.15, 0.2) is 0 Å². The number of nitrogens with zero attached hydrogens (tertiary/aromatic N) is 1. The molecule has 0 aromatic heterocycles. The van der Waals surface area contributed by atoms with Crippen molar-refractivity contribution in [1.82, 2.24) is 4.90 Å². The highest BCUT2D eigenvalue weighted by Gasteiger charge is 2.37. The van der Waals surface area contributed by atoms with Crippen LogP contribution in [0, 0.1) is 5.92 Å². The number of hydrogen-bond donors (Lipinski definition) is 1. The van der Waals surface area contributed by atoms with E-state index in [1.165, 1.54) is 51.5 Å². The lowest BCUT2D eigenvalue weighted by Gasteiger charge is -2.40. The fourth-order valence-corrected chi connectivity index (χ4v) is 3.83. The van der Waals surface area contributed by atoms with Crippen molar-refractivity contribution < 1.29 is 9.84 Å². The molecule has 2 heterocycles. The highest BCUT2D eigenvalue weighted by Crippen LogP contribution is 2.31. The first-order chi connectivity index (χ1) is 8.34. The van der Waals surface area contributed by atoms with Gasteiger partial charge >= 0.3 is 0 Å². The van der Waals surface area contributed by atoms with Crippen LogP contribution in [0.15, 0.2) is 0 Å². The molecule has 98 valence electrons. The first-order valence-electron chi connectivity index (χ1n) is 7.38. The SMILES string of the molecule is OC(C1CCCCC1)C1CN2CCCC2CO1. The predicted molar refractivity (Wildman–Crippen MR) is 66.9 cm³/mol. The van der Waals surface area contributed by atoms with E-state index in [-0.39, 0.29) is 12.2 Å². The molecule has 3 rings (SSSR count). The van der Waals surface area contributed by atoms with Crippen molar-refractivity contribution in [3.8, 4) is 0 Å². The van der Waals surface area contributed by atoms with Gasteiger partial charge in [0.2, 0.25) is 0 Å². The average molecular weight is 239 g/mol. The van der Waals surface area contributed by atoms with Gasteiger partial charge < -0.3 is 9.84 Å². The van der Waals surface area contributed by atoms with Crippen LogP contribution >= 0.6 is 0 Å². The molecular formula is C14H25NO2. The first kappa shape index (κ1) is 11.9. The second-order valence-corrected chi connectivity index (χ2v) is 6.05. The van der Waals surface area contributed by atoms with E-state index in [4.69, 9.17) is 4.74 Å². The molecule has 1 saturated carbocycles. The number of aliphatic hydroxyl groups excluding tert-OH is 1. The van der Waals surface area contributed by atoms with E-state index in [0.717, 1.165) is 13.2 Å². The Kier molecular flexibility index (Phi) is 3.69. The summed E-state index contributed by atoms with van der Waals surface area (Å²) < 4.78 is 5.92. The van der Waals surface area contributed by atoms with Gasteiger partial charge in [-0.05, 0) is 38.1 Å². The Hall–Kier alpha value is -0.120. The second-order valence-electron chi connectivity index (χ2n) is 6.05. The van der Waals surface area contributed by atoms with Gasteiger partial charge in [-0.15, -0.1) is 0 Å². The van der Waals surface area contributed by atoms with Gasteiger partial charge in [0.05, 0.1) is 18.8 Å². The maximum atomic E-state index is 10.5. The Labute approximate surface area is 104 Å². The summed E-state index contributed by atoms with van der Waals surface area (Å²) in [6.45, 7) is 3.01. The zero-order chi connectivity index (χ0) is 11.7. The summed E-state index contributed by atoms with van der Waals surface area (Å²) in [6, 6.07) is 0.643. The minimum atomic E-state index is -0.225. The maximum absolute atomic E-state index is 10.5. The topological polar surface area (TPSA) is 32.7 Å². The van der Waals surface area contributed by atoms with Crippen LogP contribution in [0.5, 0.6) is 0 Å². The molecule has 1 N–H and O–H groups in total. The standard InChI is InChI=1S/C14H25NO2/c16-14(11-5-2-1-3-6-11)13-9-15-8-4-7-12(15)10-17-13/h11-14,16H,1-10H2. The van der Waals surface area contributed by atoms with Crippen molar-refractivity contribution in [2.24, 2.45) is 5.92 Å². The summed E-state index contributed by atoms with van der Waals surface area (Å²) in [7, 11) is 0. The summed E-state index contributed by atoms with van der Waals surface area (Å²) >= 11 is 0. The fraction of sp³-hybridized carbons (Fsp3) is 1.00. The lowest BCUT2D eigenvalue weighted by atomic mass is 9.83. The number of morpholine rings is 1. The third-order valence-corrected chi connectivity index (χ3v) is 4.93. The summed E-state index contributed by atoms with van der Waals surface area (Å²) in [6.07, 6.45) is 8.77. The first-order valence-corrected chi connectivity index (χ1v) is 7.38. The summed E-state index contributed by atoms with van der Waals surface area (Å²) in [5.74, 6) is 0.493. The molecule has 3 atom stereocenters. The van der Waals surface area contributed by atoms with Crippen LogP contribution in [0.1, 0.15) is 44.9 Å². The molecule has 3 unspecified atom stereocenters. The Morgan fingerprint density at radius 1 is 1.06 bits per heavy atom. The van der Waals surface area contributed by atoms with Crippen LogP contribution in [0.3, 0.4) is 0 Å². The average Bonchev–Trinajstić information content (AvgIpc) is 2.86. The van der Waals surface area contributed by atoms with Crippen molar-refractivity contribution in [2.75, 3.05) is 19.7 Å². The van der Waals surface area contributed by atoms with E-state index in [0.29, 0.717) is 12.0 Å². The number of rotatable bonds is 2. The van der Waals surface area contributed by atoms with Crippen molar-refractivity contribution in [3.05, 3.63) is 0 Å². The molecular weight excluding hydrogens is 214 g/mol. The normalized spacial score (nSPS) is 37.9. The molecule has 2 saturated heterocycles. The van der Waals surface area contributed by atoms with Gasteiger partial charge in [0, 0.05) is 12.6 Å². The Balaban J connectivity index is 1.56. The van der Waals surface area contributed by atoms with Crippen LogP contribution < -0.4 is 0 Å². The lowest BCUT2D eigenvalue weighted by Crippen LogP contribution is -2.52. The van der Waals surface area contributed by atoms with Crippen LogP contribution in [0.4, 0.5) is 0 Å². The van der Waals surface area contributed by atoms with E-state index in [1.807, 2.05) is 0 Å². The number of fused-ring (bicyclic) bond motifs is 1. The predicted octanol–water partition coefficient (Wildman–Crippen LogP) is 1.79. The Bertz CT molecular complexity index is 253. The smallest absolute Gasteiger partial charge is 0.0963 e. The van der Waals surface area contributed by atoms with Gasteiger partial charge in [-0.25, -0.2) is 0 Å². The molecule has 0 bridgehead atoms. The molecule has 2 aliphatic heterocycles. The van der Waals surface area contributed by atoms with Crippen LogP contribution in [-0.4, -0.2) is 48.0 Å². The highest BCUT2D eigenvalue weighted by molar-refractivity contribution is 4.90. The van der Waals surface area contributed by atoms with Crippen molar-refractivity contribution >= 4 is 0 Å². The number of ether oxygens (including phenoxy) is 1. The summed E-state index contributed by atoms with van der Waals surface area (Å²) in [5, 5.41) is 10.5. The number of hydrogen-bond acceptors (Lipinski definition) is 3. The van der Waals surface area contributed by atoms with E-state index < -0.39 is 0 Å². The molecule has 1 aliphatic carbocycles. The van der Waals surface area contributed by atoms with E-state index in [2.05, 4.69) is 4.90 Å². The minimum absolute atomic E-state index is 0.0763. The maximum Gasteiger partial charge on any atom is 0.0963 e. The van der Waals surface area contributed by atoms with Gasteiger partial charge in [-0.3, -0.25) is 4.90 Å². The van der Waals surface area contributed by atoms with Crippen molar-refractivity contribution in [1.29, 1.82) is 0 Å². The molecule has 0 amide bonds. The van der Waals surface area contributed by atoms with Crippen LogP contribution in [0.25, 0.3) is 0 Å². The minimum Gasteiger partial charge on any atom is -0.390 e. The molecule has 3 heteroatoms. The third kappa shape index (κ3) is 2.51. The molecule has 3 fully saturated rings. The molecule has 3 aliphatic rings. The summed E-state index contributed by atoms with van der Waals surface area (Å²) in [5.41, 5.74) is 0. The van der Waals surface area contributed by atoms with Gasteiger partial charge in [0.1, 0.15) is 0 Å². The molecule has 0 spiro atoms. The number of aliphatic hydroxyl groups is 1. The Morgan fingerprint density at radius 3 is 2.71 bits per heavy atom. The Morgan fingerprint density at radius 2 is 1.88 bits per heavy atom. The van der Waals surface area contributed by atoms with E-state index in [1.54, 1.807) is 0 Å². The van der Waals surface area contributed by atoms with E-state index in [9.17, 15) is 5.11 Å². The monoisotopic (exact) mass is 239 g/mol. The second kappa shape index (κ2) is 5.25. The third-order valence-electron chi connectivity index (χ3n) is 4.93. The van der Waals surface area contributed by atoms with Gasteiger partial charge in [-0.2, -0.15) is 0 Å². The molecule has 3 nitrogen and oxygen atoms in total. The molecule has 17 heavy (non-hydrogen) atoms. The highest BCUT2D eigenvalue weighted by atomic mass is 16.5. The van der Waals surface area contributed by atoms with Crippen molar-refractivity contribution in [2.45, 2.75) is 63.2 Å². The zero-order valence-corrected chi connectivity index (χ0v) is 10.7. The van der Waals surface area contributed by atoms with E-state index >= 15 is 0 Å². The van der Waals surface area contributed by atoms with Crippen LogP contribution in [-0.2, 0) is 4.74 Å². The lowest BCUT2D eigenvalue weighted by molar-refractivity contribution is -0.121. The molecule has 0 radical (unpaired) electrons. The molecule has 0 aromatic rings. The largest absolute Gasteiger partial charge is 0.390 e. The summed E-state index contributed by atoms with van der Waals surface area (Å²) in [4.78, 5) is 2.53. The quantitative estimate of drug-likeness (QED) is 0.797.